The van der Waals surface area contributed by atoms with Crippen LogP contribution in [0.25, 0.3) is 0 Å². The van der Waals surface area contributed by atoms with Crippen LogP contribution >= 0.6 is 0 Å². The Kier molecular flexibility index (Phi) is 3.49. The van der Waals surface area contributed by atoms with E-state index in [0.717, 1.165) is 12.0 Å². The van der Waals surface area contributed by atoms with Crippen LogP contribution in [-0.2, 0) is 6.42 Å². The Bertz CT molecular complexity index is 494. The Labute approximate surface area is 102 Å². The van der Waals surface area contributed by atoms with E-state index in [-0.39, 0.29) is 6.04 Å². The molecule has 0 bridgehead atoms. The number of hydrogen-bond donors (Lipinski definition) is 1. The molecule has 2 rings (SSSR count). The lowest BCUT2D eigenvalue weighted by molar-refractivity contribution is 0.709. The average molecular weight is 227 g/mol. The first-order valence-electron chi connectivity index (χ1n) is 5.75. The molecule has 3 heteroatoms. The second kappa shape index (κ2) is 5.06. The highest BCUT2D eigenvalue weighted by Gasteiger charge is 2.09. The van der Waals surface area contributed by atoms with Gasteiger partial charge in [0.15, 0.2) is 0 Å². The van der Waals surface area contributed by atoms with Crippen molar-refractivity contribution in [3.8, 4) is 0 Å². The summed E-state index contributed by atoms with van der Waals surface area (Å²) in [6, 6.07) is 8.36. The Morgan fingerprint density at radius 3 is 2.71 bits per heavy atom. The zero-order valence-corrected chi connectivity index (χ0v) is 10.2. The fourth-order valence-corrected chi connectivity index (χ4v) is 1.90. The summed E-state index contributed by atoms with van der Waals surface area (Å²) in [6.45, 7) is 4.22. The van der Waals surface area contributed by atoms with Gasteiger partial charge < -0.3 is 5.73 Å². The van der Waals surface area contributed by atoms with Gasteiger partial charge in [-0.15, -0.1) is 0 Å². The zero-order valence-electron chi connectivity index (χ0n) is 10.2. The molecule has 0 radical (unpaired) electrons. The maximum Gasteiger partial charge on any atom is 0.0544 e. The first kappa shape index (κ1) is 11.7. The van der Waals surface area contributed by atoms with E-state index in [1.807, 2.05) is 6.07 Å². The quantitative estimate of drug-likeness (QED) is 0.875. The molecule has 1 unspecified atom stereocenters. The molecule has 0 saturated heterocycles. The molecule has 17 heavy (non-hydrogen) atoms. The minimum Gasteiger partial charge on any atom is -0.324 e. The summed E-state index contributed by atoms with van der Waals surface area (Å²) < 4.78 is 0. The summed E-state index contributed by atoms with van der Waals surface area (Å²) >= 11 is 0. The van der Waals surface area contributed by atoms with Crippen LogP contribution in [0.4, 0.5) is 0 Å². The third kappa shape index (κ3) is 2.88. The van der Waals surface area contributed by atoms with E-state index in [1.165, 1.54) is 16.7 Å². The summed E-state index contributed by atoms with van der Waals surface area (Å²) in [4.78, 5) is 0. The molecule has 1 heterocycles. The van der Waals surface area contributed by atoms with Gasteiger partial charge >= 0.3 is 0 Å². The smallest absolute Gasteiger partial charge is 0.0544 e. The van der Waals surface area contributed by atoms with Gasteiger partial charge in [0.2, 0.25) is 0 Å². The van der Waals surface area contributed by atoms with Crippen LogP contribution in [0.15, 0.2) is 36.7 Å². The lowest BCUT2D eigenvalue weighted by Crippen LogP contribution is -2.14. The maximum atomic E-state index is 6.18. The second-order valence-electron chi connectivity index (χ2n) is 4.42. The summed E-state index contributed by atoms with van der Waals surface area (Å²) in [7, 11) is 0. The fourth-order valence-electron chi connectivity index (χ4n) is 1.90. The summed E-state index contributed by atoms with van der Waals surface area (Å²) in [5.41, 5.74) is 11.1. The monoisotopic (exact) mass is 227 g/mol. The molecule has 2 aromatic rings. The molecule has 1 atom stereocenters. The molecular formula is C14H17N3. The predicted molar refractivity (Wildman–Crippen MR) is 68.6 cm³/mol. The van der Waals surface area contributed by atoms with E-state index in [4.69, 9.17) is 5.73 Å². The standard InChI is InChI=1S/C14H17N3/c1-10-3-4-11(2)13(7-10)8-14(15)12-5-6-16-17-9-12/h3-7,9,14H,8,15H2,1-2H3. The summed E-state index contributed by atoms with van der Waals surface area (Å²) in [6.07, 6.45) is 4.24. The van der Waals surface area contributed by atoms with E-state index < -0.39 is 0 Å². The van der Waals surface area contributed by atoms with Crippen LogP contribution in [0, 0.1) is 13.8 Å². The van der Waals surface area contributed by atoms with Crippen molar-refractivity contribution in [3.63, 3.8) is 0 Å². The van der Waals surface area contributed by atoms with Crippen molar-refractivity contribution in [1.29, 1.82) is 0 Å². The van der Waals surface area contributed by atoms with Gasteiger partial charge in [-0.25, -0.2) is 0 Å². The van der Waals surface area contributed by atoms with Crippen LogP contribution < -0.4 is 5.73 Å². The van der Waals surface area contributed by atoms with E-state index in [1.54, 1.807) is 12.4 Å². The van der Waals surface area contributed by atoms with E-state index >= 15 is 0 Å². The van der Waals surface area contributed by atoms with Gasteiger partial charge in [0.25, 0.3) is 0 Å². The molecule has 0 amide bonds. The van der Waals surface area contributed by atoms with E-state index in [2.05, 4.69) is 42.2 Å². The van der Waals surface area contributed by atoms with Crippen molar-refractivity contribution in [2.45, 2.75) is 26.3 Å². The Hall–Kier alpha value is -1.74. The first-order valence-corrected chi connectivity index (χ1v) is 5.75. The molecule has 1 aromatic heterocycles. The van der Waals surface area contributed by atoms with Crippen molar-refractivity contribution >= 4 is 0 Å². The predicted octanol–water partition coefficient (Wildman–Crippen LogP) is 2.34. The maximum absolute atomic E-state index is 6.18. The van der Waals surface area contributed by atoms with Crippen molar-refractivity contribution in [2.24, 2.45) is 5.73 Å². The lowest BCUT2D eigenvalue weighted by atomic mass is 9.96. The van der Waals surface area contributed by atoms with Gasteiger partial charge in [-0.2, -0.15) is 10.2 Å². The number of rotatable bonds is 3. The van der Waals surface area contributed by atoms with Crippen LogP contribution in [-0.4, -0.2) is 10.2 Å². The molecule has 0 aliphatic heterocycles. The van der Waals surface area contributed by atoms with Gasteiger partial charge in [0.05, 0.1) is 6.20 Å². The highest BCUT2D eigenvalue weighted by atomic mass is 15.1. The van der Waals surface area contributed by atoms with Gasteiger partial charge in [-0.05, 0) is 43.0 Å². The van der Waals surface area contributed by atoms with Crippen LogP contribution in [0.5, 0.6) is 0 Å². The van der Waals surface area contributed by atoms with Gasteiger partial charge in [-0.3, -0.25) is 0 Å². The zero-order chi connectivity index (χ0) is 12.3. The Morgan fingerprint density at radius 2 is 2.00 bits per heavy atom. The number of benzene rings is 1. The van der Waals surface area contributed by atoms with Crippen LogP contribution in [0.1, 0.15) is 28.3 Å². The number of nitrogens with two attached hydrogens (primary N) is 1. The number of aryl methyl sites for hydroxylation is 2. The largest absolute Gasteiger partial charge is 0.324 e. The van der Waals surface area contributed by atoms with Crippen LogP contribution in [0.3, 0.4) is 0 Å². The average Bonchev–Trinajstić information content (AvgIpc) is 2.35. The molecule has 3 nitrogen and oxygen atoms in total. The van der Waals surface area contributed by atoms with Crippen molar-refractivity contribution in [2.75, 3.05) is 0 Å². The van der Waals surface area contributed by atoms with Gasteiger partial charge in [-0.1, -0.05) is 23.8 Å². The first-order chi connectivity index (χ1) is 8.16. The van der Waals surface area contributed by atoms with E-state index in [9.17, 15) is 0 Å². The molecule has 0 aliphatic rings. The highest BCUT2D eigenvalue weighted by molar-refractivity contribution is 5.32. The minimum absolute atomic E-state index is 0.0222. The van der Waals surface area contributed by atoms with Crippen molar-refractivity contribution in [1.82, 2.24) is 10.2 Å². The summed E-state index contributed by atoms with van der Waals surface area (Å²) in [5, 5.41) is 7.62. The molecule has 0 spiro atoms. The fraction of sp³-hybridized carbons (Fsp3) is 0.286. The van der Waals surface area contributed by atoms with Crippen LogP contribution in [0.2, 0.25) is 0 Å². The Morgan fingerprint density at radius 1 is 1.18 bits per heavy atom. The molecule has 0 saturated carbocycles. The number of nitrogens with zero attached hydrogens (tertiary/aromatic N) is 2. The molecular weight excluding hydrogens is 210 g/mol. The highest BCUT2D eigenvalue weighted by Crippen LogP contribution is 2.18. The van der Waals surface area contributed by atoms with Gasteiger partial charge in [0.1, 0.15) is 0 Å². The number of aromatic nitrogens is 2. The number of hydrogen-bond acceptors (Lipinski definition) is 3. The van der Waals surface area contributed by atoms with Gasteiger partial charge in [0, 0.05) is 12.2 Å². The van der Waals surface area contributed by atoms with Crippen molar-refractivity contribution < 1.29 is 0 Å². The molecule has 0 fully saturated rings. The minimum atomic E-state index is -0.0222. The Balaban J connectivity index is 2.18. The lowest BCUT2D eigenvalue weighted by Gasteiger charge is -2.13. The SMILES string of the molecule is Cc1ccc(C)c(CC(N)c2ccnnc2)c1. The molecule has 88 valence electrons. The third-order valence-electron chi connectivity index (χ3n) is 2.98. The molecule has 0 aliphatic carbocycles. The van der Waals surface area contributed by atoms with Crippen molar-refractivity contribution in [3.05, 3.63) is 58.9 Å². The normalized spacial score (nSPS) is 12.4. The second-order valence-corrected chi connectivity index (χ2v) is 4.42. The molecule has 1 aromatic carbocycles. The third-order valence-corrected chi connectivity index (χ3v) is 2.98. The summed E-state index contributed by atoms with van der Waals surface area (Å²) in [5.74, 6) is 0. The van der Waals surface area contributed by atoms with E-state index in [0.29, 0.717) is 0 Å². The molecule has 2 N–H and O–H groups in total. The topological polar surface area (TPSA) is 51.8 Å².